The van der Waals surface area contributed by atoms with Crippen LogP contribution in [0.25, 0.3) is 0 Å². The fourth-order valence-corrected chi connectivity index (χ4v) is 0.976. The Morgan fingerprint density at radius 2 is 1.50 bits per heavy atom. The summed E-state index contributed by atoms with van der Waals surface area (Å²) in [6, 6.07) is 0. The fourth-order valence-electron chi connectivity index (χ4n) is 0.976. The minimum atomic E-state index is -0.320. The predicted octanol–water partition coefficient (Wildman–Crippen LogP) is 1.73. The number of rotatable bonds is 9. The molecular weight excluding hydrogens is 264 g/mol. The maximum atomic E-state index is 10.4. The second-order valence-corrected chi connectivity index (χ2v) is 3.84. The van der Waals surface area contributed by atoms with Crippen molar-refractivity contribution in [3.8, 4) is 0 Å². The number of carbonyl (C=O) groups is 2. The van der Waals surface area contributed by atoms with E-state index in [0.717, 1.165) is 0 Å². The Morgan fingerprint density at radius 1 is 1.05 bits per heavy atom. The summed E-state index contributed by atoms with van der Waals surface area (Å²) in [5, 5.41) is 0. The minimum absolute atomic E-state index is 0.0945. The van der Waals surface area contributed by atoms with Gasteiger partial charge in [0.25, 0.3) is 0 Å². The van der Waals surface area contributed by atoms with Crippen molar-refractivity contribution in [3.63, 3.8) is 0 Å². The molecule has 0 aliphatic carbocycles. The molecule has 0 amide bonds. The summed E-state index contributed by atoms with van der Waals surface area (Å²) in [4.78, 5) is 20.9. The third-order valence-corrected chi connectivity index (χ3v) is 1.68. The maximum absolute atomic E-state index is 10.4. The Labute approximate surface area is 121 Å². The SMILES string of the molecule is C=CC.CC(=O)OCCOCC(C)OCCOC(C)=O. The van der Waals surface area contributed by atoms with Crippen molar-refractivity contribution >= 4 is 11.9 Å². The molecule has 1 unspecified atom stereocenters. The summed E-state index contributed by atoms with van der Waals surface area (Å²) < 4.78 is 19.9. The highest BCUT2D eigenvalue weighted by atomic mass is 16.6. The first-order valence-electron chi connectivity index (χ1n) is 6.47. The average molecular weight is 290 g/mol. The van der Waals surface area contributed by atoms with Gasteiger partial charge in [0.15, 0.2) is 0 Å². The van der Waals surface area contributed by atoms with Crippen molar-refractivity contribution in [2.75, 3.05) is 33.0 Å². The highest BCUT2D eigenvalue weighted by Gasteiger charge is 2.03. The Bertz CT molecular complexity index is 264. The minimum Gasteiger partial charge on any atom is -0.463 e. The van der Waals surface area contributed by atoms with Gasteiger partial charge in [0, 0.05) is 13.8 Å². The van der Waals surface area contributed by atoms with Gasteiger partial charge in [-0.15, -0.1) is 6.58 Å². The van der Waals surface area contributed by atoms with Crippen molar-refractivity contribution in [3.05, 3.63) is 12.7 Å². The molecule has 0 aliphatic rings. The van der Waals surface area contributed by atoms with Crippen molar-refractivity contribution < 1.29 is 28.5 Å². The lowest BCUT2D eigenvalue weighted by Gasteiger charge is -2.13. The molecule has 0 aliphatic heterocycles. The van der Waals surface area contributed by atoms with Crippen LogP contribution in [0.3, 0.4) is 0 Å². The van der Waals surface area contributed by atoms with Gasteiger partial charge >= 0.3 is 11.9 Å². The first kappa shape index (κ1) is 20.9. The number of allylic oxidation sites excluding steroid dienone is 1. The molecule has 0 fully saturated rings. The van der Waals surface area contributed by atoms with E-state index >= 15 is 0 Å². The standard InChI is InChI=1S/C11H20O6.C3H6/c1-9(15-6-7-17-11(3)13)8-14-4-5-16-10(2)12;1-3-2/h9H,4-8H2,1-3H3;3H,1H2,2H3. The van der Waals surface area contributed by atoms with E-state index in [1.165, 1.54) is 13.8 Å². The van der Waals surface area contributed by atoms with E-state index < -0.39 is 0 Å². The van der Waals surface area contributed by atoms with Gasteiger partial charge in [0.05, 0.1) is 25.9 Å². The molecule has 6 heteroatoms. The van der Waals surface area contributed by atoms with E-state index in [1.54, 1.807) is 6.08 Å². The van der Waals surface area contributed by atoms with E-state index in [4.69, 9.17) is 14.2 Å². The number of hydrogen-bond acceptors (Lipinski definition) is 6. The average Bonchev–Trinajstić information content (AvgIpc) is 2.34. The normalized spacial score (nSPS) is 10.8. The first-order chi connectivity index (χ1) is 9.43. The molecule has 0 bridgehead atoms. The van der Waals surface area contributed by atoms with Gasteiger partial charge in [-0.1, -0.05) is 6.08 Å². The Kier molecular flexibility index (Phi) is 16.4. The third kappa shape index (κ3) is 21.8. The van der Waals surface area contributed by atoms with Gasteiger partial charge in [-0.2, -0.15) is 0 Å². The molecule has 118 valence electrons. The smallest absolute Gasteiger partial charge is 0.302 e. The van der Waals surface area contributed by atoms with E-state index in [1.807, 2.05) is 13.8 Å². The lowest BCUT2D eigenvalue weighted by atomic mass is 10.4. The van der Waals surface area contributed by atoms with E-state index in [2.05, 4.69) is 11.3 Å². The molecule has 0 N–H and O–H groups in total. The lowest BCUT2D eigenvalue weighted by Crippen LogP contribution is -2.20. The van der Waals surface area contributed by atoms with Crippen LogP contribution in [0.5, 0.6) is 0 Å². The molecule has 6 nitrogen and oxygen atoms in total. The Morgan fingerprint density at radius 3 is 1.95 bits per heavy atom. The van der Waals surface area contributed by atoms with E-state index in [9.17, 15) is 9.59 Å². The zero-order chi connectivity index (χ0) is 15.8. The van der Waals surface area contributed by atoms with Crippen LogP contribution in [0, 0.1) is 0 Å². The van der Waals surface area contributed by atoms with Crippen LogP contribution in [-0.4, -0.2) is 51.1 Å². The van der Waals surface area contributed by atoms with E-state index in [0.29, 0.717) is 19.8 Å². The molecule has 0 saturated carbocycles. The van der Waals surface area contributed by atoms with Gasteiger partial charge in [-0.25, -0.2) is 0 Å². The highest BCUT2D eigenvalue weighted by Crippen LogP contribution is 1.92. The van der Waals surface area contributed by atoms with Crippen molar-refractivity contribution in [2.45, 2.75) is 33.8 Å². The third-order valence-electron chi connectivity index (χ3n) is 1.68. The zero-order valence-corrected chi connectivity index (χ0v) is 12.8. The summed E-state index contributed by atoms with van der Waals surface area (Å²) in [5.41, 5.74) is 0. The zero-order valence-electron chi connectivity index (χ0n) is 12.8. The van der Waals surface area contributed by atoms with Crippen LogP contribution in [0.15, 0.2) is 12.7 Å². The molecule has 1 atom stereocenters. The fraction of sp³-hybridized carbons (Fsp3) is 0.714. The van der Waals surface area contributed by atoms with Crippen LogP contribution in [0.1, 0.15) is 27.7 Å². The van der Waals surface area contributed by atoms with Gasteiger partial charge in [-0.3, -0.25) is 9.59 Å². The van der Waals surface area contributed by atoms with Crippen LogP contribution in [-0.2, 0) is 28.5 Å². The molecule has 20 heavy (non-hydrogen) atoms. The number of ether oxygens (including phenoxy) is 4. The molecule has 0 saturated heterocycles. The summed E-state index contributed by atoms with van der Waals surface area (Å²) in [5.74, 6) is -0.641. The Hall–Kier alpha value is -1.40. The van der Waals surface area contributed by atoms with Gasteiger partial charge in [0.2, 0.25) is 0 Å². The number of hydrogen-bond donors (Lipinski definition) is 0. The van der Waals surface area contributed by atoms with Gasteiger partial charge < -0.3 is 18.9 Å². The molecule has 0 spiro atoms. The largest absolute Gasteiger partial charge is 0.463 e. The van der Waals surface area contributed by atoms with Crippen LogP contribution < -0.4 is 0 Å². The van der Waals surface area contributed by atoms with Crippen molar-refractivity contribution in [2.24, 2.45) is 0 Å². The van der Waals surface area contributed by atoms with Crippen LogP contribution >= 0.6 is 0 Å². The van der Waals surface area contributed by atoms with Gasteiger partial charge in [-0.05, 0) is 13.8 Å². The molecule has 0 aromatic rings. The summed E-state index contributed by atoms with van der Waals surface area (Å²) in [6.45, 7) is 11.4. The number of esters is 2. The van der Waals surface area contributed by atoms with Crippen LogP contribution in [0.4, 0.5) is 0 Å². The summed E-state index contributed by atoms with van der Waals surface area (Å²) >= 11 is 0. The van der Waals surface area contributed by atoms with E-state index in [-0.39, 0.29) is 31.3 Å². The molecular formula is C14H26O6. The summed E-state index contributed by atoms with van der Waals surface area (Å²) in [7, 11) is 0. The Balaban J connectivity index is 0. The van der Waals surface area contributed by atoms with Crippen LogP contribution in [0.2, 0.25) is 0 Å². The molecule has 0 aromatic heterocycles. The first-order valence-corrected chi connectivity index (χ1v) is 6.47. The second-order valence-electron chi connectivity index (χ2n) is 3.84. The molecule has 0 radical (unpaired) electrons. The lowest BCUT2D eigenvalue weighted by molar-refractivity contribution is -0.145. The molecule has 0 aromatic carbocycles. The predicted molar refractivity (Wildman–Crippen MR) is 75.4 cm³/mol. The van der Waals surface area contributed by atoms with Crippen molar-refractivity contribution in [1.82, 2.24) is 0 Å². The molecule has 0 heterocycles. The molecule has 0 rings (SSSR count). The van der Waals surface area contributed by atoms with Crippen molar-refractivity contribution in [1.29, 1.82) is 0 Å². The highest BCUT2D eigenvalue weighted by molar-refractivity contribution is 5.66. The maximum Gasteiger partial charge on any atom is 0.302 e. The van der Waals surface area contributed by atoms with Gasteiger partial charge in [0.1, 0.15) is 13.2 Å². The monoisotopic (exact) mass is 290 g/mol. The summed E-state index contributed by atoms with van der Waals surface area (Å²) in [6.07, 6.45) is 1.66. The number of carbonyl (C=O) groups excluding carboxylic acids is 2. The topological polar surface area (TPSA) is 71.1 Å². The quantitative estimate of drug-likeness (QED) is 0.366. The second kappa shape index (κ2) is 15.7.